The summed E-state index contributed by atoms with van der Waals surface area (Å²) in [5.41, 5.74) is 0. The molecule has 0 saturated heterocycles. The maximum absolute atomic E-state index is 12.7. The van der Waals surface area contributed by atoms with Gasteiger partial charge in [-0.25, -0.2) is 0 Å². The van der Waals surface area contributed by atoms with Gasteiger partial charge in [0, 0.05) is 19.3 Å². The summed E-state index contributed by atoms with van der Waals surface area (Å²) in [5.74, 6) is -0.991. The molecule has 0 aliphatic carbocycles. The smallest absolute Gasteiger partial charge is 0.306 e. The van der Waals surface area contributed by atoms with Gasteiger partial charge in [-0.2, -0.15) is 0 Å². The first-order valence-electron chi connectivity index (χ1n) is 28.5. The van der Waals surface area contributed by atoms with Gasteiger partial charge in [0.1, 0.15) is 13.2 Å². The Labute approximate surface area is 441 Å². The van der Waals surface area contributed by atoms with Crippen LogP contribution in [-0.2, 0) is 28.6 Å². The van der Waals surface area contributed by atoms with E-state index >= 15 is 0 Å². The number of allylic oxidation sites excluding steroid dienone is 26. The molecule has 1 unspecified atom stereocenters. The van der Waals surface area contributed by atoms with Crippen LogP contribution in [0.3, 0.4) is 0 Å². The largest absolute Gasteiger partial charge is 0.462 e. The second kappa shape index (κ2) is 58.6. The number of carbonyl (C=O) groups is 3. The Kier molecular flexibility index (Phi) is 54.6. The lowest BCUT2D eigenvalue weighted by atomic mass is 10.1. The van der Waals surface area contributed by atoms with Crippen LogP contribution in [0, 0.1) is 0 Å². The lowest BCUT2D eigenvalue weighted by Crippen LogP contribution is -2.30. The molecule has 0 amide bonds. The lowest BCUT2D eigenvalue weighted by molar-refractivity contribution is -0.167. The summed E-state index contributed by atoms with van der Waals surface area (Å²) < 4.78 is 16.7. The Bertz CT molecular complexity index is 1660. The molecule has 0 spiro atoms. The molecule has 1 atom stereocenters. The first kappa shape index (κ1) is 67.0. The molecule has 6 heteroatoms. The summed E-state index contributed by atoms with van der Waals surface area (Å²) in [7, 11) is 0. The molecule has 0 aliphatic heterocycles. The zero-order chi connectivity index (χ0) is 52.2. The highest BCUT2D eigenvalue weighted by atomic mass is 16.6. The molecule has 0 saturated carbocycles. The minimum atomic E-state index is -0.811. The average Bonchev–Trinajstić information content (AvgIpc) is 3.38. The van der Waals surface area contributed by atoms with E-state index in [9.17, 15) is 14.4 Å². The second-order valence-electron chi connectivity index (χ2n) is 18.1. The Balaban J connectivity index is 4.22. The van der Waals surface area contributed by atoms with Crippen molar-refractivity contribution < 1.29 is 28.6 Å². The zero-order valence-corrected chi connectivity index (χ0v) is 45.9. The molecule has 0 aromatic rings. The van der Waals surface area contributed by atoms with Gasteiger partial charge in [-0.05, 0) is 128 Å². The molecule has 0 aliphatic rings. The van der Waals surface area contributed by atoms with Crippen LogP contribution in [0.5, 0.6) is 0 Å². The van der Waals surface area contributed by atoms with Crippen LogP contribution in [0.1, 0.15) is 220 Å². The molecule has 0 radical (unpaired) electrons. The molecule has 0 bridgehead atoms. The number of hydrogen-bond acceptors (Lipinski definition) is 6. The summed E-state index contributed by atoms with van der Waals surface area (Å²) in [6.45, 7) is 6.27. The fourth-order valence-corrected chi connectivity index (χ4v) is 7.07. The average molecular weight is 992 g/mol. The SMILES string of the molecule is CC/C=C\C/C=C\C/C=C\C/C=C\C/C=C\C/C=C\C/C=C\C/C=C\C/C=C\CCCCCCCC(=O)OCC(COC(=O)CCCCCCCC)OC(=O)CCCC/C=C\C/C=C\C/C=C\C/C=C\CC. The van der Waals surface area contributed by atoms with E-state index in [1.807, 2.05) is 0 Å². The van der Waals surface area contributed by atoms with Crippen LogP contribution in [-0.4, -0.2) is 37.2 Å². The quantitative estimate of drug-likeness (QED) is 0.0262. The third-order valence-electron chi connectivity index (χ3n) is 11.3. The molecular weight excluding hydrogens is 889 g/mol. The standard InChI is InChI=1S/C66H102O6/c1-4-7-10-13-16-18-20-22-24-25-26-27-28-29-30-31-32-33-34-35-36-37-38-39-40-41-43-44-46-48-50-53-56-59-65(68)71-62-63(61-70-64(67)58-55-52-15-12-9-6-3)72-66(69)60-57-54-51-49-47-45-42-23-21-19-17-14-11-8-5-2/h7-8,10-11,16-19,22-24,26-27,29-30,32-33,35-36,38-39,41-43,47,49,63H,4-6,9,12-15,20-21,25,28,31,34,37,40,44-46,48,50-62H2,1-3H3/b10-7-,11-8-,18-16-,19-17-,24-22-,27-26-,30-29-,33-32-,36-35-,39-38-,42-23-,43-41-,49-47-. The first-order valence-corrected chi connectivity index (χ1v) is 28.5. The van der Waals surface area contributed by atoms with E-state index < -0.39 is 6.10 Å². The lowest BCUT2D eigenvalue weighted by Gasteiger charge is -2.18. The van der Waals surface area contributed by atoms with E-state index in [0.29, 0.717) is 19.3 Å². The van der Waals surface area contributed by atoms with Crippen LogP contribution in [0.2, 0.25) is 0 Å². The summed E-state index contributed by atoms with van der Waals surface area (Å²) >= 11 is 0. The van der Waals surface area contributed by atoms with Crippen molar-refractivity contribution in [2.24, 2.45) is 0 Å². The Morgan fingerprint density at radius 2 is 0.542 bits per heavy atom. The third-order valence-corrected chi connectivity index (χ3v) is 11.3. The molecule has 0 N–H and O–H groups in total. The summed E-state index contributed by atoms with van der Waals surface area (Å²) in [5, 5.41) is 0. The predicted molar refractivity (Wildman–Crippen MR) is 311 cm³/mol. The van der Waals surface area contributed by atoms with Crippen molar-refractivity contribution in [1.82, 2.24) is 0 Å². The molecular formula is C66H102O6. The Morgan fingerprint density at radius 1 is 0.292 bits per heavy atom. The molecule has 6 nitrogen and oxygen atoms in total. The normalized spacial score (nSPS) is 13.3. The van der Waals surface area contributed by atoms with Crippen molar-refractivity contribution in [3.63, 3.8) is 0 Å². The monoisotopic (exact) mass is 991 g/mol. The van der Waals surface area contributed by atoms with Gasteiger partial charge in [0.05, 0.1) is 0 Å². The van der Waals surface area contributed by atoms with Gasteiger partial charge < -0.3 is 14.2 Å². The maximum Gasteiger partial charge on any atom is 0.306 e. The highest BCUT2D eigenvalue weighted by molar-refractivity contribution is 5.71. The van der Waals surface area contributed by atoms with Crippen molar-refractivity contribution in [2.75, 3.05) is 13.2 Å². The first-order chi connectivity index (χ1) is 35.5. The number of ether oxygens (including phenoxy) is 3. The fraction of sp³-hybridized carbons (Fsp3) is 0.561. The van der Waals surface area contributed by atoms with Gasteiger partial charge in [-0.15, -0.1) is 0 Å². The number of rotatable bonds is 49. The second-order valence-corrected chi connectivity index (χ2v) is 18.1. The van der Waals surface area contributed by atoms with Crippen molar-refractivity contribution in [3.05, 3.63) is 158 Å². The zero-order valence-electron chi connectivity index (χ0n) is 45.9. The fourth-order valence-electron chi connectivity index (χ4n) is 7.07. The van der Waals surface area contributed by atoms with Crippen molar-refractivity contribution in [1.29, 1.82) is 0 Å². The van der Waals surface area contributed by atoms with Gasteiger partial charge >= 0.3 is 17.9 Å². The van der Waals surface area contributed by atoms with E-state index in [4.69, 9.17) is 14.2 Å². The number of carbonyl (C=O) groups excluding carboxylic acids is 3. The molecule has 0 heterocycles. The van der Waals surface area contributed by atoms with Crippen LogP contribution in [0.15, 0.2) is 158 Å². The third kappa shape index (κ3) is 56.0. The van der Waals surface area contributed by atoms with Crippen molar-refractivity contribution >= 4 is 17.9 Å². The van der Waals surface area contributed by atoms with Gasteiger partial charge in [-0.3, -0.25) is 14.4 Å². The summed E-state index contributed by atoms with van der Waals surface area (Å²) in [4.78, 5) is 37.8. The molecule has 0 aromatic heterocycles. The Morgan fingerprint density at radius 3 is 0.875 bits per heavy atom. The molecule has 0 rings (SSSR count). The topological polar surface area (TPSA) is 78.9 Å². The summed E-state index contributed by atoms with van der Waals surface area (Å²) in [6, 6.07) is 0. The maximum atomic E-state index is 12.7. The van der Waals surface area contributed by atoms with E-state index in [2.05, 4.69) is 179 Å². The minimum absolute atomic E-state index is 0.107. The van der Waals surface area contributed by atoms with Crippen LogP contribution in [0.25, 0.3) is 0 Å². The van der Waals surface area contributed by atoms with Crippen LogP contribution >= 0.6 is 0 Å². The van der Waals surface area contributed by atoms with Gasteiger partial charge in [0.2, 0.25) is 0 Å². The summed E-state index contributed by atoms with van der Waals surface area (Å²) in [6.07, 6.45) is 85.6. The molecule has 0 aromatic carbocycles. The predicted octanol–water partition coefficient (Wildman–Crippen LogP) is 19.4. The minimum Gasteiger partial charge on any atom is -0.462 e. The van der Waals surface area contributed by atoms with Gasteiger partial charge in [0.25, 0.3) is 0 Å². The molecule has 0 fully saturated rings. The van der Waals surface area contributed by atoms with E-state index in [1.54, 1.807) is 0 Å². The Hall–Kier alpha value is -4.97. The number of hydrogen-bond donors (Lipinski definition) is 0. The van der Waals surface area contributed by atoms with E-state index in [0.717, 1.165) is 154 Å². The molecule has 72 heavy (non-hydrogen) atoms. The van der Waals surface area contributed by atoms with E-state index in [1.165, 1.54) is 19.3 Å². The van der Waals surface area contributed by atoms with Gasteiger partial charge in [0.15, 0.2) is 6.10 Å². The highest BCUT2D eigenvalue weighted by Gasteiger charge is 2.19. The molecule has 402 valence electrons. The van der Waals surface area contributed by atoms with Gasteiger partial charge in [-0.1, -0.05) is 230 Å². The van der Waals surface area contributed by atoms with Crippen LogP contribution in [0.4, 0.5) is 0 Å². The van der Waals surface area contributed by atoms with Crippen LogP contribution < -0.4 is 0 Å². The van der Waals surface area contributed by atoms with Crippen molar-refractivity contribution in [3.8, 4) is 0 Å². The number of esters is 3. The number of unbranched alkanes of at least 4 members (excludes halogenated alkanes) is 12. The van der Waals surface area contributed by atoms with E-state index in [-0.39, 0.29) is 37.5 Å². The van der Waals surface area contributed by atoms with Crippen molar-refractivity contribution in [2.45, 2.75) is 226 Å². The highest BCUT2D eigenvalue weighted by Crippen LogP contribution is 2.12.